The third-order valence-electron chi connectivity index (χ3n) is 4.04. The molecule has 0 aromatic heterocycles. The summed E-state index contributed by atoms with van der Waals surface area (Å²) in [5, 5.41) is 0. The third-order valence-corrected chi connectivity index (χ3v) is 4.04. The largest absolute Gasteiger partial charge is 0.469 e. The minimum atomic E-state index is -0.196. The molecule has 1 heterocycles. The lowest BCUT2D eigenvalue weighted by atomic mass is 9.70. The summed E-state index contributed by atoms with van der Waals surface area (Å²) < 4.78 is 11.2. The number of hydrogen-bond donors (Lipinski definition) is 0. The van der Waals surface area contributed by atoms with Crippen LogP contribution in [0.1, 0.15) is 47.0 Å². The van der Waals surface area contributed by atoms with Crippen LogP contribution in [0.2, 0.25) is 0 Å². The zero-order chi connectivity index (χ0) is 13.5. The van der Waals surface area contributed by atoms with Gasteiger partial charge in [0.05, 0.1) is 0 Å². The van der Waals surface area contributed by atoms with Crippen LogP contribution in [0.3, 0.4) is 0 Å². The SMILES string of the molecule is COC1CC(C(C)C)C2=C(CC(C)(C)CC2=O)O1. The van der Waals surface area contributed by atoms with E-state index in [1.54, 1.807) is 7.11 Å². The highest BCUT2D eigenvalue weighted by Crippen LogP contribution is 2.45. The van der Waals surface area contributed by atoms with Gasteiger partial charge in [-0.3, -0.25) is 4.79 Å². The van der Waals surface area contributed by atoms with E-state index in [9.17, 15) is 4.79 Å². The number of methoxy groups -OCH3 is 1. The summed E-state index contributed by atoms with van der Waals surface area (Å²) in [6.07, 6.45) is 2.07. The molecule has 0 aromatic carbocycles. The van der Waals surface area contributed by atoms with Gasteiger partial charge in [-0.25, -0.2) is 0 Å². The molecular formula is C15H24O3. The van der Waals surface area contributed by atoms with E-state index in [1.807, 2.05) is 0 Å². The van der Waals surface area contributed by atoms with Crippen molar-refractivity contribution in [3.63, 3.8) is 0 Å². The van der Waals surface area contributed by atoms with E-state index >= 15 is 0 Å². The van der Waals surface area contributed by atoms with Gasteiger partial charge in [0.15, 0.2) is 12.1 Å². The molecule has 3 nitrogen and oxygen atoms in total. The lowest BCUT2D eigenvalue weighted by Gasteiger charge is -2.41. The molecule has 2 aliphatic rings. The van der Waals surface area contributed by atoms with Gasteiger partial charge in [-0.15, -0.1) is 0 Å². The molecule has 0 bridgehead atoms. The average molecular weight is 252 g/mol. The van der Waals surface area contributed by atoms with Crippen LogP contribution in [0.25, 0.3) is 0 Å². The highest BCUT2D eigenvalue weighted by atomic mass is 16.7. The molecule has 0 saturated heterocycles. The van der Waals surface area contributed by atoms with E-state index in [0.29, 0.717) is 12.3 Å². The number of ether oxygens (including phenoxy) is 2. The summed E-state index contributed by atoms with van der Waals surface area (Å²) in [5.74, 6) is 1.88. The van der Waals surface area contributed by atoms with Gasteiger partial charge < -0.3 is 9.47 Å². The Kier molecular flexibility index (Phi) is 3.54. The molecule has 0 fully saturated rings. The van der Waals surface area contributed by atoms with Gasteiger partial charge in [0.2, 0.25) is 0 Å². The van der Waals surface area contributed by atoms with Crippen LogP contribution >= 0.6 is 0 Å². The highest BCUT2D eigenvalue weighted by molar-refractivity contribution is 5.97. The molecular weight excluding hydrogens is 228 g/mol. The predicted octanol–water partition coefficient (Wildman–Crippen LogP) is 3.29. The van der Waals surface area contributed by atoms with Crippen molar-refractivity contribution in [3.8, 4) is 0 Å². The molecule has 1 aliphatic carbocycles. The minimum Gasteiger partial charge on any atom is -0.469 e. The number of rotatable bonds is 2. The molecule has 0 amide bonds. The molecule has 0 spiro atoms. The Morgan fingerprint density at radius 2 is 2.00 bits per heavy atom. The lowest BCUT2D eigenvalue weighted by Crippen LogP contribution is -2.38. The summed E-state index contributed by atoms with van der Waals surface area (Å²) in [6, 6.07) is 0. The number of hydrogen-bond acceptors (Lipinski definition) is 3. The monoisotopic (exact) mass is 252 g/mol. The smallest absolute Gasteiger partial charge is 0.199 e. The number of carbonyl (C=O) groups excluding carboxylic acids is 1. The first-order chi connectivity index (χ1) is 8.34. The molecule has 102 valence electrons. The number of Topliss-reactive ketones (excluding diaryl/α,β-unsaturated/α-hetero) is 1. The van der Waals surface area contributed by atoms with Gasteiger partial charge in [0.1, 0.15) is 5.76 Å². The molecule has 18 heavy (non-hydrogen) atoms. The normalized spacial score (nSPS) is 31.3. The van der Waals surface area contributed by atoms with Crippen molar-refractivity contribution in [1.82, 2.24) is 0 Å². The maximum absolute atomic E-state index is 12.4. The minimum absolute atomic E-state index is 0.00702. The fourth-order valence-electron chi connectivity index (χ4n) is 3.08. The maximum Gasteiger partial charge on any atom is 0.199 e. The van der Waals surface area contributed by atoms with Crippen molar-refractivity contribution in [2.24, 2.45) is 17.3 Å². The van der Waals surface area contributed by atoms with E-state index in [1.165, 1.54) is 0 Å². The van der Waals surface area contributed by atoms with Crippen molar-refractivity contribution in [2.75, 3.05) is 7.11 Å². The van der Waals surface area contributed by atoms with E-state index in [-0.39, 0.29) is 23.4 Å². The molecule has 2 atom stereocenters. The standard InChI is InChI=1S/C15H24O3/c1-9(2)10-6-13(17-5)18-12-8-15(3,4)7-11(16)14(10)12/h9-10,13H,6-8H2,1-5H3. The quantitative estimate of drug-likeness (QED) is 0.756. The Morgan fingerprint density at radius 3 is 2.56 bits per heavy atom. The Morgan fingerprint density at radius 1 is 1.33 bits per heavy atom. The Bertz CT molecular complexity index is 379. The van der Waals surface area contributed by atoms with Gasteiger partial charge in [-0.1, -0.05) is 27.7 Å². The topological polar surface area (TPSA) is 35.5 Å². The molecule has 2 unspecified atom stereocenters. The van der Waals surface area contributed by atoms with Crippen LogP contribution in [-0.2, 0) is 14.3 Å². The van der Waals surface area contributed by atoms with Crippen molar-refractivity contribution < 1.29 is 14.3 Å². The van der Waals surface area contributed by atoms with E-state index < -0.39 is 0 Å². The molecule has 0 radical (unpaired) electrons. The van der Waals surface area contributed by atoms with Gasteiger partial charge >= 0.3 is 0 Å². The number of carbonyl (C=O) groups is 1. The highest BCUT2D eigenvalue weighted by Gasteiger charge is 2.42. The third kappa shape index (κ3) is 2.46. The first-order valence-corrected chi connectivity index (χ1v) is 6.80. The molecule has 2 rings (SSSR count). The zero-order valence-corrected chi connectivity index (χ0v) is 12.1. The average Bonchev–Trinajstić information content (AvgIpc) is 2.25. The molecule has 3 heteroatoms. The molecule has 1 aliphatic heterocycles. The first-order valence-electron chi connectivity index (χ1n) is 6.80. The Balaban J connectivity index is 2.38. The second-order valence-electron chi connectivity index (χ2n) is 6.65. The van der Waals surface area contributed by atoms with E-state index in [0.717, 1.165) is 24.2 Å². The van der Waals surface area contributed by atoms with Crippen molar-refractivity contribution in [2.45, 2.75) is 53.2 Å². The van der Waals surface area contributed by atoms with Crippen molar-refractivity contribution >= 4 is 5.78 Å². The van der Waals surface area contributed by atoms with Crippen LogP contribution < -0.4 is 0 Å². The van der Waals surface area contributed by atoms with E-state index in [4.69, 9.17) is 9.47 Å². The van der Waals surface area contributed by atoms with Crippen molar-refractivity contribution in [1.29, 1.82) is 0 Å². The Hall–Kier alpha value is -0.830. The summed E-state index contributed by atoms with van der Waals surface area (Å²) in [4.78, 5) is 12.4. The van der Waals surface area contributed by atoms with Crippen LogP contribution in [0.15, 0.2) is 11.3 Å². The summed E-state index contributed by atoms with van der Waals surface area (Å²) in [6.45, 7) is 8.58. The van der Waals surface area contributed by atoms with Gasteiger partial charge in [-0.2, -0.15) is 0 Å². The van der Waals surface area contributed by atoms with Crippen LogP contribution in [-0.4, -0.2) is 19.2 Å². The molecule has 0 N–H and O–H groups in total. The van der Waals surface area contributed by atoms with E-state index in [2.05, 4.69) is 27.7 Å². The summed E-state index contributed by atoms with van der Waals surface area (Å²) in [7, 11) is 1.67. The number of ketones is 1. The summed E-state index contributed by atoms with van der Waals surface area (Å²) in [5.41, 5.74) is 0.949. The van der Waals surface area contributed by atoms with Gasteiger partial charge in [0.25, 0.3) is 0 Å². The fraction of sp³-hybridized carbons (Fsp3) is 0.800. The summed E-state index contributed by atoms with van der Waals surface area (Å²) >= 11 is 0. The van der Waals surface area contributed by atoms with Crippen LogP contribution in [0.5, 0.6) is 0 Å². The van der Waals surface area contributed by atoms with Gasteiger partial charge in [-0.05, 0) is 17.3 Å². The first kappa shape index (κ1) is 13.6. The maximum atomic E-state index is 12.4. The predicted molar refractivity (Wildman–Crippen MR) is 69.9 cm³/mol. The Labute approximate surface area is 110 Å². The number of allylic oxidation sites excluding steroid dienone is 2. The molecule has 0 saturated carbocycles. The van der Waals surface area contributed by atoms with Gasteiger partial charge in [0, 0.05) is 31.9 Å². The van der Waals surface area contributed by atoms with Crippen molar-refractivity contribution in [3.05, 3.63) is 11.3 Å². The van der Waals surface area contributed by atoms with Crippen LogP contribution in [0.4, 0.5) is 0 Å². The second-order valence-corrected chi connectivity index (χ2v) is 6.65. The second kappa shape index (κ2) is 4.69. The fourth-order valence-corrected chi connectivity index (χ4v) is 3.08. The zero-order valence-electron chi connectivity index (χ0n) is 12.1. The lowest BCUT2D eigenvalue weighted by molar-refractivity contribution is -0.137. The van der Waals surface area contributed by atoms with Crippen LogP contribution in [0, 0.1) is 17.3 Å². The molecule has 0 aromatic rings.